The molecule has 32 nitrogen and oxygen atoms in total. The zero-order chi connectivity index (χ0) is 98.0. The number of fused-ring (bicyclic) bond motifs is 2. The number of phenols is 1. The molecule has 4 atom stereocenters. The first-order chi connectivity index (χ1) is 64.7. The number of phenolic OH excluding ortho intramolecular Hbond substituents is 1. The number of pyridine rings is 2. The molecule has 4 amide bonds. The number of methoxy groups -OCH3 is 2. The largest absolute Gasteiger partial charge is 1.00 e. The monoisotopic (exact) mass is 2140 g/mol. The van der Waals surface area contributed by atoms with E-state index in [2.05, 4.69) is 24.9 Å². The van der Waals surface area contributed by atoms with Gasteiger partial charge in [0.15, 0.2) is 21.4 Å². The van der Waals surface area contributed by atoms with Gasteiger partial charge in [0.2, 0.25) is 11.8 Å². The number of esters is 2. The fraction of sp³-hybridized carbons (Fsp3) is 0.441. The minimum atomic E-state index is -3.01. The number of hydrogen-bond acceptors (Lipinski definition) is 26. The second-order valence-electron chi connectivity index (χ2n) is 34.4. The van der Waals surface area contributed by atoms with Gasteiger partial charge in [-0.15, -0.1) is 0 Å². The van der Waals surface area contributed by atoms with Gasteiger partial charge in [0.05, 0.1) is 103 Å². The van der Waals surface area contributed by atoms with Crippen molar-refractivity contribution in [3.05, 3.63) is 221 Å². The van der Waals surface area contributed by atoms with E-state index in [-0.39, 0.29) is 232 Å². The molecule has 726 valence electrons. The van der Waals surface area contributed by atoms with E-state index in [1.807, 2.05) is 160 Å². The van der Waals surface area contributed by atoms with Crippen LogP contribution in [0.1, 0.15) is 167 Å². The molecule has 1 N–H and O–H groups in total. The van der Waals surface area contributed by atoms with E-state index >= 15 is 0 Å². The summed E-state index contributed by atoms with van der Waals surface area (Å²) in [6.45, 7) is 23.4. The number of aryl methyl sites for hydroxylation is 3. The summed E-state index contributed by atoms with van der Waals surface area (Å²) in [7, 11) is -0.351. The third-order valence-corrected chi connectivity index (χ3v) is 23.9. The van der Waals surface area contributed by atoms with Crippen LogP contribution in [0.5, 0.6) is 11.5 Å². The summed E-state index contributed by atoms with van der Waals surface area (Å²) in [6.07, 6.45) is 5.84. The first-order valence-electron chi connectivity index (χ1n) is 45.2. The van der Waals surface area contributed by atoms with Gasteiger partial charge in [-0.2, -0.15) is 0 Å². The van der Waals surface area contributed by atoms with Crippen molar-refractivity contribution < 1.29 is 249 Å². The molecule has 2 saturated heterocycles. The van der Waals surface area contributed by atoms with E-state index in [1.54, 1.807) is 101 Å². The van der Waals surface area contributed by atoms with E-state index in [9.17, 15) is 51.9 Å². The number of ketones is 2. The third-order valence-electron chi connectivity index (χ3n) is 22.2. The molecule has 0 radical (unpaired) electrons. The van der Waals surface area contributed by atoms with Crippen LogP contribution in [-0.4, -0.2) is 223 Å². The number of carbonyl (C=O) groups excluding carboxylic acids is 9. The average Bonchev–Trinajstić information content (AvgIpc) is 1.55. The number of hydrogen-bond donors (Lipinski definition) is 1. The molecule has 0 bridgehead atoms. The Balaban J connectivity index is 0.000000421. The predicted molar refractivity (Wildman–Crippen MR) is 511 cm³/mol. The van der Waals surface area contributed by atoms with Crippen LogP contribution in [0.15, 0.2) is 192 Å². The van der Waals surface area contributed by atoms with Gasteiger partial charge >= 0.3 is 162 Å². The molecule has 11 rings (SSSR count). The van der Waals surface area contributed by atoms with Gasteiger partial charge in [-0.1, -0.05) is 139 Å². The van der Waals surface area contributed by atoms with Gasteiger partial charge in [-0.25, -0.2) is 28.0 Å². The smallest absolute Gasteiger partial charge is 1.00 e. The quantitative estimate of drug-likeness (QED) is 0.00427. The minimum absolute atomic E-state index is 0. The predicted octanol–water partition coefficient (Wildman–Crippen LogP) is 10.9. The van der Waals surface area contributed by atoms with Crippen LogP contribution in [0.2, 0.25) is 0 Å². The number of likely N-dealkylation sites (tertiary alicyclic amines) is 2. The molecule has 7 aromatic carbocycles. The van der Waals surface area contributed by atoms with Gasteiger partial charge in [0.25, 0.3) is 6.47 Å². The van der Waals surface area contributed by atoms with Crippen molar-refractivity contribution in [3.8, 4) is 33.8 Å². The van der Waals surface area contributed by atoms with Gasteiger partial charge in [-0.3, -0.25) is 43.4 Å². The van der Waals surface area contributed by atoms with E-state index in [1.165, 1.54) is 24.0 Å². The Morgan fingerprint density at radius 2 is 0.949 bits per heavy atom. The molecule has 0 spiro atoms. The molecule has 2 aliphatic rings. The summed E-state index contributed by atoms with van der Waals surface area (Å²) in [5.74, 6) is -0.236. The Hall–Kier alpha value is -8.65. The van der Waals surface area contributed by atoms with Gasteiger partial charge in [-0.05, 0) is 210 Å². The van der Waals surface area contributed by atoms with Crippen molar-refractivity contribution in [3.63, 3.8) is 0 Å². The molecule has 2 fully saturated rings. The van der Waals surface area contributed by atoms with Crippen molar-refractivity contribution >= 4 is 97.0 Å². The first-order valence-corrected chi connectivity index (χ1v) is 46.9. The first kappa shape index (κ1) is 117. The fourth-order valence-electron chi connectivity index (χ4n) is 15.5. The molecule has 137 heavy (non-hydrogen) atoms. The van der Waals surface area contributed by atoms with E-state index in [4.69, 9.17) is 58.2 Å². The number of anilines is 2. The van der Waals surface area contributed by atoms with Gasteiger partial charge in [0.1, 0.15) is 40.9 Å². The standard InChI is InChI=1S/C51H66N6O11.C41H47N3O7.C9H12O2S.CH2O3.2Cs.H/c1-37-20-21-53-47(34-37)57(50(61)68-51(2,3)4)24-9-13-48(59)56-23-8-12-44(56)45(58)35-40(36-49(60)62-5)38-14-16-39(17-15-38)41-18-19-46(43-11-7-6-10-42(41)43)67-33-32-66-31-30-65-29-28-64-27-26-63-25-22-54-55-52;1-27-20-21-42-37(24-27)44(40(49)51-41(2,3)4)23-9-13-38(47)43-22-8-12-34(43)36(46)25-30(26-39(48)50-5)28-14-16-29(17-15-28)31-18-19-35(45)33-11-7-6-10-32(31)33;1-3-12(10,11)9-6-4-8(2)5-7-9;2-1-4-3;;;/h6-7,10-11,14-21,34,40,44H,8-9,12-13,22-33,35-36H2,1-5H3;6-7,10-11,14-21,24,30,34,45H,8-9,12-13,22-23,25-26H2,1-5H3;4-7H,3H2,1-2H3;1,3H;;;/q;;;;2*+1;-1/p-1/t40-,44+;30-,34+;;;;;/m00...../s1. The van der Waals surface area contributed by atoms with Gasteiger partial charge in [0, 0.05) is 98.3 Å². The number of aromatic hydroxyl groups is 1. The molecule has 2 aromatic heterocycles. The molecular formula is C102H127Cs2N9O23S. The molecule has 35 heteroatoms. The second-order valence-corrected chi connectivity index (χ2v) is 36.7. The van der Waals surface area contributed by atoms with Crippen molar-refractivity contribution in [2.75, 3.05) is 122 Å². The number of sulfone groups is 1. The van der Waals surface area contributed by atoms with E-state index in [0.29, 0.717) is 134 Å². The number of benzene rings is 7. The number of rotatable bonds is 43. The van der Waals surface area contributed by atoms with E-state index in [0.717, 1.165) is 77.4 Å². The summed E-state index contributed by atoms with van der Waals surface area (Å²) < 4.78 is 72.1. The molecule has 0 unspecified atom stereocenters. The number of carbonyl (C=O) groups is 9. The maximum Gasteiger partial charge on any atom is 1.00 e. The molecule has 9 aromatic rings. The number of nitrogens with zero attached hydrogens (tertiary/aromatic N) is 9. The number of aromatic nitrogens is 2. The zero-order valence-electron chi connectivity index (χ0n) is 82.2. The molecule has 4 heterocycles. The maximum atomic E-state index is 14.1. The number of azide groups is 1. The van der Waals surface area contributed by atoms with Gasteiger partial charge < -0.3 is 69.1 Å². The third kappa shape index (κ3) is 38.7. The number of Topliss-reactive ketones (excluding diaryl/α,β-unsaturated/α-hetero) is 2. The van der Waals surface area contributed by atoms with Crippen LogP contribution in [0.4, 0.5) is 21.2 Å². The summed E-state index contributed by atoms with van der Waals surface area (Å²) in [5.41, 5.74) is 15.3. The Kier molecular flexibility index (Phi) is 51.7. The molecule has 0 aliphatic carbocycles. The Labute approximate surface area is 921 Å². The van der Waals surface area contributed by atoms with Crippen LogP contribution in [0.25, 0.3) is 54.2 Å². The van der Waals surface area contributed by atoms with Crippen molar-refractivity contribution in [1.29, 1.82) is 0 Å². The van der Waals surface area contributed by atoms with Crippen molar-refractivity contribution in [2.45, 2.75) is 186 Å². The summed E-state index contributed by atoms with van der Waals surface area (Å²) in [6, 6.07) is 51.9. The topological polar surface area (TPSA) is 411 Å². The number of amides is 4. The summed E-state index contributed by atoms with van der Waals surface area (Å²) >= 11 is 0. The summed E-state index contributed by atoms with van der Waals surface area (Å²) in [5, 5.41) is 25.8. The Morgan fingerprint density at radius 3 is 1.35 bits per heavy atom. The van der Waals surface area contributed by atoms with Crippen LogP contribution in [0.3, 0.4) is 0 Å². The Morgan fingerprint density at radius 1 is 0.547 bits per heavy atom. The summed E-state index contributed by atoms with van der Waals surface area (Å²) in [4.78, 5) is 136. The Bertz CT molecular complexity index is 5570. The molecule has 0 saturated carbocycles. The second kappa shape index (κ2) is 60.5. The average molecular weight is 2150 g/mol. The number of ether oxygens (including phenoxy) is 9. The van der Waals surface area contributed by atoms with Crippen LogP contribution in [-0.2, 0) is 86.2 Å². The van der Waals surface area contributed by atoms with Crippen molar-refractivity contribution in [1.82, 2.24) is 19.8 Å². The maximum absolute atomic E-state index is 14.1. The van der Waals surface area contributed by atoms with Crippen molar-refractivity contribution in [2.24, 2.45) is 5.11 Å². The normalized spacial score (nSPS) is 13.7. The fourth-order valence-corrected chi connectivity index (χ4v) is 16.3. The zero-order valence-corrected chi connectivity index (χ0v) is 94.5. The van der Waals surface area contributed by atoms with E-state index < -0.39 is 69.1 Å². The SMILES string of the molecule is CCS(=O)(=O)c1ccc(C)cc1.COC(=O)C[C@H](CC(=O)[C@H]1CCCN1C(=O)CCCN(C(=O)OC(C)(C)C)c1cc(C)ccn1)c1ccc(-c2ccc(O)c3ccccc23)cc1.COC(=O)C[C@H](CC(=O)[C@H]1CCCN1C(=O)CCCN(C(=O)OC(C)(C)C)c1cc(C)ccn1)c1ccc(-c2ccc(OCCOCCOCCOCCOCCN=[N+]=[N-])c3ccccc23)cc1.O=CO[O-].[Cs+].[Cs+].[H-]. The van der Waals surface area contributed by atoms with Crippen LogP contribution in [0, 0.1) is 20.8 Å². The minimum Gasteiger partial charge on any atom is -1.00 e. The van der Waals surface area contributed by atoms with Crippen LogP contribution < -0.4 is 158 Å². The molecule has 2 aliphatic heterocycles. The molecular weight excluding hydrogens is 2020 g/mol. The van der Waals surface area contributed by atoms with Crippen LogP contribution >= 0.6 is 0 Å².